The van der Waals surface area contributed by atoms with Crippen LogP contribution in [0.2, 0.25) is 0 Å². The van der Waals surface area contributed by atoms with Gasteiger partial charge in [0, 0.05) is 11.3 Å². The minimum atomic E-state index is -0.229. The lowest BCUT2D eigenvalue weighted by Crippen LogP contribution is -2.34. The molecule has 2 nitrogen and oxygen atoms in total. The third-order valence-corrected chi connectivity index (χ3v) is 2.93. The fourth-order valence-electron chi connectivity index (χ4n) is 2.54. The van der Waals surface area contributed by atoms with Crippen molar-refractivity contribution in [3.05, 3.63) is 0 Å². The van der Waals surface area contributed by atoms with E-state index in [0.29, 0.717) is 12.3 Å². The van der Waals surface area contributed by atoms with Crippen molar-refractivity contribution in [1.82, 2.24) is 0 Å². The summed E-state index contributed by atoms with van der Waals surface area (Å²) in [5, 5.41) is 0. The molecule has 0 saturated carbocycles. The molecule has 0 aliphatic carbocycles. The predicted octanol–water partition coefficient (Wildman–Crippen LogP) is 3.00. The molecular formula is C13H27NO. The summed E-state index contributed by atoms with van der Waals surface area (Å²) < 4.78 is 0. The first-order chi connectivity index (χ1) is 6.62. The summed E-state index contributed by atoms with van der Waals surface area (Å²) >= 11 is 0. The molecule has 2 heteroatoms. The second-order valence-corrected chi connectivity index (χ2v) is 6.28. The highest BCUT2D eigenvalue weighted by molar-refractivity contribution is 5.85. The first-order valence-corrected chi connectivity index (χ1v) is 5.87. The van der Waals surface area contributed by atoms with Crippen molar-refractivity contribution >= 4 is 5.78 Å². The zero-order valence-corrected chi connectivity index (χ0v) is 11.2. The van der Waals surface area contributed by atoms with Crippen LogP contribution in [0.4, 0.5) is 0 Å². The van der Waals surface area contributed by atoms with Crippen LogP contribution in [0.3, 0.4) is 0 Å². The van der Waals surface area contributed by atoms with Crippen LogP contribution in [0, 0.1) is 16.7 Å². The van der Waals surface area contributed by atoms with Crippen molar-refractivity contribution in [2.24, 2.45) is 22.5 Å². The number of rotatable bonds is 6. The molecule has 0 atom stereocenters. The molecule has 0 rings (SSSR count). The van der Waals surface area contributed by atoms with E-state index in [4.69, 9.17) is 5.73 Å². The molecule has 0 radical (unpaired) electrons. The van der Waals surface area contributed by atoms with Gasteiger partial charge in [0.1, 0.15) is 5.78 Å². The highest BCUT2D eigenvalue weighted by atomic mass is 16.1. The molecule has 90 valence electrons. The maximum atomic E-state index is 12.0. The fraction of sp³-hybridized carbons (Fsp3) is 0.923. The third-order valence-electron chi connectivity index (χ3n) is 2.93. The summed E-state index contributed by atoms with van der Waals surface area (Å²) in [6, 6.07) is 0. The summed E-state index contributed by atoms with van der Waals surface area (Å²) in [5.74, 6) is 0.473. The van der Waals surface area contributed by atoms with E-state index >= 15 is 0 Å². The highest BCUT2D eigenvalue weighted by Gasteiger charge is 2.35. The second kappa shape index (κ2) is 5.11. The van der Waals surface area contributed by atoms with Gasteiger partial charge in [-0.1, -0.05) is 41.5 Å². The minimum Gasteiger partial charge on any atom is -0.330 e. The molecule has 0 heterocycles. The predicted molar refractivity (Wildman–Crippen MR) is 65.7 cm³/mol. The van der Waals surface area contributed by atoms with Crippen molar-refractivity contribution in [3.63, 3.8) is 0 Å². The van der Waals surface area contributed by atoms with E-state index in [1.165, 1.54) is 0 Å². The largest absolute Gasteiger partial charge is 0.330 e. The van der Waals surface area contributed by atoms with Gasteiger partial charge in [0.25, 0.3) is 0 Å². The van der Waals surface area contributed by atoms with E-state index in [2.05, 4.69) is 13.8 Å². The molecule has 0 unspecified atom stereocenters. The number of carbonyl (C=O) groups is 1. The maximum Gasteiger partial charge on any atom is 0.141 e. The van der Waals surface area contributed by atoms with Gasteiger partial charge in [-0.2, -0.15) is 0 Å². The summed E-state index contributed by atoms with van der Waals surface area (Å²) in [4.78, 5) is 12.0. The number of carbonyl (C=O) groups excluding carboxylic acids is 1. The highest BCUT2D eigenvalue weighted by Crippen LogP contribution is 2.37. The molecule has 0 fully saturated rings. The van der Waals surface area contributed by atoms with Gasteiger partial charge in [-0.3, -0.25) is 4.79 Å². The van der Waals surface area contributed by atoms with E-state index < -0.39 is 0 Å². The van der Waals surface area contributed by atoms with Gasteiger partial charge in [-0.05, 0) is 24.8 Å². The molecule has 2 N–H and O–H groups in total. The lowest BCUT2D eigenvalue weighted by atomic mass is 9.69. The Morgan fingerprint density at radius 2 is 1.67 bits per heavy atom. The number of ketones is 1. The summed E-state index contributed by atoms with van der Waals surface area (Å²) in [7, 11) is 0. The average Bonchev–Trinajstić information content (AvgIpc) is 2.00. The normalized spacial score (nSPS) is 13.3. The minimum absolute atomic E-state index is 0.119. The lowest BCUT2D eigenvalue weighted by Gasteiger charge is -2.34. The molecule has 0 saturated heterocycles. The smallest absolute Gasteiger partial charge is 0.141 e. The first kappa shape index (κ1) is 14.6. The molecule has 0 aromatic rings. The molecule has 0 aliphatic rings. The molecule has 0 aromatic carbocycles. The van der Waals surface area contributed by atoms with Crippen molar-refractivity contribution in [3.8, 4) is 0 Å². The van der Waals surface area contributed by atoms with Crippen LogP contribution in [0.5, 0.6) is 0 Å². The second-order valence-electron chi connectivity index (χ2n) is 6.28. The maximum absolute atomic E-state index is 12.0. The average molecular weight is 213 g/mol. The van der Waals surface area contributed by atoms with Gasteiger partial charge in [-0.25, -0.2) is 0 Å². The van der Waals surface area contributed by atoms with Crippen LogP contribution < -0.4 is 5.73 Å². The monoisotopic (exact) mass is 213 g/mol. The van der Waals surface area contributed by atoms with Gasteiger partial charge >= 0.3 is 0 Å². The Bertz CT molecular complexity index is 217. The van der Waals surface area contributed by atoms with Crippen molar-refractivity contribution in [2.45, 2.75) is 54.4 Å². The van der Waals surface area contributed by atoms with Gasteiger partial charge in [0.2, 0.25) is 0 Å². The number of hydrogen-bond acceptors (Lipinski definition) is 2. The van der Waals surface area contributed by atoms with Crippen LogP contribution in [-0.4, -0.2) is 12.3 Å². The standard InChI is InChI=1S/C13H27NO/c1-10(2)11(15)13(5,6)9-12(3,4)7-8-14/h10H,7-9,14H2,1-6H3. The molecule has 15 heavy (non-hydrogen) atoms. The first-order valence-electron chi connectivity index (χ1n) is 5.87. The van der Waals surface area contributed by atoms with Gasteiger partial charge < -0.3 is 5.73 Å². The number of Topliss-reactive ketones (excluding diaryl/α,β-unsaturated/α-hetero) is 1. The molecule has 0 bridgehead atoms. The van der Waals surface area contributed by atoms with Gasteiger partial charge in [-0.15, -0.1) is 0 Å². The Morgan fingerprint density at radius 1 is 1.20 bits per heavy atom. The van der Waals surface area contributed by atoms with E-state index in [1.807, 2.05) is 27.7 Å². The zero-order chi connectivity index (χ0) is 12.3. The van der Waals surface area contributed by atoms with E-state index in [1.54, 1.807) is 0 Å². The Morgan fingerprint density at radius 3 is 2.00 bits per heavy atom. The number of nitrogens with two attached hydrogens (primary N) is 1. The quantitative estimate of drug-likeness (QED) is 0.737. The van der Waals surface area contributed by atoms with E-state index in [-0.39, 0.29) is 16.7 Å². The van der Waals surface area contributed by atoms with Crippen LogP contribution >= 0.6 is 0 Å². The van der Waals surface area contributed by atoms with E-state index in [9.17, 15) is 4.79 Å². The Kier molecular flexibility index (Phi) is 4.98. The SMILES string of the molecule is CC(C)C(=O)C(C)(C)CC(C)(C)CCN. The molecule has 0 spiro atoms. The van der Waals surface area contributed by atoms with Gasteiger partial charge in [0.15, 0.2) is 0 Å². The summed E-state index contributed by atoms with van der Waals surface area (Å²) in [5.41, 5.74) is 5.51. The third kappa shape index (κ3) is 4.78. The van der Waals surface area contributed by atoms with Gasteiger partial charge in [0.05, 0.1) is 0 Å². The van der Waals surface area contributed by atoms with Crippen molar-refractivity contribution in [2.75, 3.05) is 6.54 Å². The molecule has 0 amide bonds. The topological polar surface area (TPSA) is 43.1 Å². The van der Waals surface area contributed by atoms with Crippen LogP contribution in [0.15, 0.2) is 0 Å². The Balaban J connectivity index is 4.56. The van der Waals surface area contributed by atoms with Crippen LogP contribution in [0.1, 0.15) is 54.4 Å². The fourth-order valence-corrected chi connectivity index (χ4v) is 2.54. The van der Waals surface area contributed by atoms with Crippen LogP contribution in [-0.2, 0) is 4.79 Å². The number of hydrogen-bond donors (Lipinski definition) is 1. The molecule has 0 aromatic heterocycles. The molecule has 0 aliphatic heterocycles. The Labute approximate surface area is 94.6 Å². The zero-order valence-electron chi connectivity index (χ0n) is 11.2. The summed E-state index contributed by atoms with van der Waals surface area (Å²) in [6.07, 6.45) is 1.88. The van der Waals surface area contributed by atoms with Crippen molar-refractivity contribution < 1.29 is 4.79 Å². The van der Waals surface area contributed by atoms with Crippen molar-refractivity contribution in [1.29, 1.82) is 0 Å². The molecular weight excluding hydrogens is 186 g/mol. The summed E-state index contributed by atoms with van der Waals surface area (Å²) in [6.45, 7) is 13.1. The van der Waals surface area contributed by atoms with Crippen LogP contribution in [0.25, 0.3) is 0 Å². The Hall–Kier alpha value is -0.370. The van der Waals surface area contributed by atoms with E-state index in [0.717, 1.165) is 12.8 Å². The lowest BCUT2D eigenvalue weighted by molar-refractivity contribution is -0.131.